The van der Waals surface area contributed by atoms with Gasteiger partial charge in [-0.3, -0.25) is 14.5 Å². The summed E-state index contributed by atoms with van der Waals surface area (Å²) in [5.74, 6) is -0.284. The normalized spacial score (nSPS) is 20.4. The van der Waals surface area contributed by atoms with Crippen molar-refractivity contribution in [1.29, 1.82) is 0 Å². The van der Waals surface area contributed by atoms with Crippen LogP contribution in [-0.2, 0) is 16.0 Å². The molecule has 4 aromatic rings. The average Bonchev–Trinajstić information content (AvgIpc) is 3.55. The summed E-state index contributed by atoms with van der Waals surface area (Å²) in [6.07, 6.45) is 0.745. The molecule has 0 bridgehead atoms. The van der Waals surface area contributed by atoms with E-state index in [1.807, 2.05) is 49.4 Å². The number of hydrogen-bond acceptors (Lipinski definition) is 7. The number of nitrogens with zero attached hydrogens (tertiary/aromatic N) is 2. The van der Waals surface area contributed by atoms with Crippen LogP contribution >= 0.6 is 27.3 Å². The summed E-state index contributed by atoms with van der Waals surface area (Å²) in [6.45, 7) is 1.98. The fourth-order valence-electron chi connectivity index (χ4n) is 4.84. The summed E-state index contributed by atoms with van der Waals surface area (Å²) in [5.41, 5.74) is 2.80. The zero-order chi connectivity index (χ0) is 25.8. The van der Waals surface area contributed by atoms with E-state index in [-0.39, 0.29) is 17.4 Å². The van der Waals surface area contributed by atoms with Gasteiger partial charge in [0.05, 0.1) is 28.9 Å². The van der Waals surface area contributed by atoms with Crippen molar-refractivity contribution in [3.05, 3.63) is 87.4 Å². The number of carbonyl (C=O) groups excluding carboxylic acids is 2. The van der Waals surface area contributed by atoms with Crippen molar-refractivity contribution in [1.82, 2.24) is 4.98 Å². The summed E-state index contributed by atoms with van der Waals surface area (Å²) >= 11 is 4.74. The zero-order valence-corrected chi connectivity index (χ0v) is 22.3. The number of rotatable bonds is 4. The summed E-state index contributed by atoms with van der Waals surface area (Å²) < 4.78 is 12.8. The maximum atomic E-state index is 13.5. The Balaban J connectivity index is 1.52. The van der Waals surface area contributed by atoms with E-state index in [0.29, 0.717) is 33.9 Å². The van der Waals surface area contributed by atoms with Crippen LogP contribution in [0.25, 0.3) is 16.0 Å². The van der Waals surface area contributed by atoms with Gasteiger partial charge >= 0.3 is 5.91 Å². The number of amides is 1. The zero-order valence-electron chi connectivity index (χ0n) is 19.9. The number of fused-ring (bicyclic) bond motifs is 2. The lowest BCUT2D eigenvalue weighted by Gasteiger charge is -2.23. The van der Waals surface area contributed by atoms with Gasteiger partial charge in [0, 0.05) is 16.5 Å². The minimum Gasteiger partial charge on any atom is -0.507 e. The molecule has 0 aliphatic carbocycles. The largest absolute Gasteiger partial charge is 0.507 e. The van der Waals surface area contributed by atoms with Gasteiger partial charge in [-0.05, 0) is 66.6 Å². The Morgan fingerprint density at radius 2 is 1.92 bits per heavy atom. The lowest BCUT2D eigenvalue weighted by Crippen LogP contribution is -2.29. The number of thiazole rings is 1. The van der Waals surface area contributed by atoms with Crippen LogP contribution in [0.5, 0.6) is 11.5 Å². The topological polar surface area (TPSA) is 89.0 Å². The molecule has 7 nitrogen and oxygen atoms in total. The lowest BCUT2D eigenvalue weighted by atomic mass is 9.94. The van der Waals surface area contributed by atoms with Crippen molar-refractivity contribution in [3.63, 3.8) is 0 Å². The van der Waals surface area contributed by atoms with Crippen LogP contribution in [-0.4, -0.2) is 35.0 Å². The summed E-state index contributed by atoms with van der Waals surface area (Å²) in [5, 5.41) is 11.8. The molecule has 1 amide bonds. The molecule has 0 radical (unpaired) electrons. The van der Waals surface area contributed by atoms with Gasteiger partial charge in [0.15, 0.2) is 5.13 Å². The van der Waals surface area contributed by atoms with Gasteiger partial charge in [-0.15, -0.1) is 0 Å². The van der Waals surface area contributed by atoms with E-state index in [1.54, 1.807) is 25.3 Å². The molecular formula is C28H21BrN2O5S. The Morgan fingerprint density at radius 3 is 2.68 bits per heavy atom. The number of benzene rings is 3. The first-order valence-electron chi connectivity index (χ1n) is 11.6. The first-order valence-corrected chi connectivity index (χ1v) is 13.3. The van der Waals surface area contributed by atoms with E-state index in [1.165, 1.54) is 16.2 Å². The van der Waals surface area contributed by atoms with Crippen LogP contribution in [0.4, 0.5) is 5.13 Å². The number of aliphatic hydroxyl groups excluding tert-OH is 1. The van der Waals surface area contributed by atoms with E-state index < -0.39 is 17.7 Å². The number of carbonyl (C=O) groups is 2. The fourth-order valence-corrected chi connectivity index (χ4v) is 6.12. The van der Waals surface area contributed by atoms with Crippen molar-refractivity contribution in [2.45, 2.75) is 25.5 Å². The smallest absolute Gasteiger partial charge is 0.301 e. The van der Waals surface area contributed by atoms with Crippen molar-refractivity contribution >= 4 is 60.1 Å². The van der Waals surface area contributed by atoms with Crippen LogP contribution < -0.4 is 14.4 Å². The number of hydrogen-bond donors (Lipinski definition) is 1. The van der Waals surface area contributed by atoms with E-state index >= 15 is 0 Å². The van der Waals surface area contributed by atoms with Crippen LogP contribution in [0.15, 0.2) is 70.7 Å². The molecule has 6 rings (SSSR count). The first kappa shape index (κ1) is 23.7. The van der Waals surface area contributed by atoms with Crippen LogP contribution in [0, 0.1) is 0 Å². The highest BCUT2D eigenvalue weighted by Crippen LogP contribution is 2.45. The molecule has 3 heterocycles. The minimum atomic E-state index is -0.848. The molecule has 2 aliphatic heterocycles. The number of ether oxygens (including phenoxy) is 2. The number of anilines is 1. The number of aromatic nitrogens is 1. The Bertz CT molecular complexity index is 1610. The molecule has 186 valence electrons. The highest BCUT2D eigenvalue weighted by atomic mass is 79.9. The molecule has 1 aromatic heterocycles. The van der Waals surface area contributed by atoms with Crippen LogP contribution in [0.3, 0.4) is 0 Å². The molecule has 37 heavy (non-hydrogen) atoms. The maximum absolute atomic E-state index is 13.5. The predicted octanol–water partition coefficient (Wildman–Crippen LogP) is 6.02. The van der Waals surface area contributed by atoms with Crippen molar-refractivity contribution in [2.75, 3.05) is 12.0 Å². The van der Waals surface area contributed by atoms with Crippen LogP contribution in [0.1, 0.15) is 29.7 Å². The number of Topliss-reactive ketones (excluding diaryl/α,β-unsaturated/α-hetero) is 1. The van der Waals surface area contributed by atoms with Gasteiger partial charge in [-0.2, -0.15) is 0 Å². The SMILES string of the molecule is COc1ccc2nc(N3C(=O)C(=O)C(=C(O)c4ccc5c(c4)C[C@@H](C)O5)[C@@H]3c3ccc(Br)cc3)sc2c1. The third-order valence-electron chi connectivity index (χ3n) is 6.59. The van der Waals surface area contributed by atoms with Gasteiger partial charge in [0.1, 0.15) is 23.4 Å². The quantitative estimate of drug-likeness (QED) is 0.181. The number of aliphatic hydroxyl groups is 1. The van der Waals surface area contributed by atoms with E-state index in [9.17, 15) is 14.7 Å². The summed E-state index contributed by atoms with van der Waals surface area (Å²) in [7, 11) is 1.58. The standard InChI is InChI=1S/C28H21BrN2O5S/c1-14-11-17-12-16(5-10-21(17)36-14)25(32)23-24(15-3-6-18(29)7-4-15)31(27(34)26(23)33)28-30-20-9-8-19(35-2)13-22(20)37-28/h3-10,12-14,24,32H,11H2,1-2H3/t14-,24+/m1/s1. The molecule has 1 fully saturated rings. The molecule has 2 atom stereocenters. The minimum absolute atomic E-state index is 0.0241. The van der Waals surface area contributed by atoms with Crippen molar-refractivity contribution in [3.8, 4) is 11.5 Å². The second-order valence-corrected chi connectivity index (χ2v) is 10.9. The second-order valence-electron chi connectivity index (χ2n) is 9.01. The Morgan fingerprint density at radius 1 is 1.14 bits per heavy atom. The Kier molecular flexibility index (Phi) is 5.77. The van der Waals surface area contributed by atoms with Crippen molar-refractivity contribution < 1.29 is 24.2 Å². The number of methoxy groups -OCH3 is 1. The predicted molar refractivity (Wildman–Crippen MR) is 145 cm³/mol. The Hall–Kier alpha value is -3.69. The average molecular weight is 577 g/mol. The molecule has 0 spiro atoms. The van der Waals surface area contributed by atoms with Gasteiger partial charge in [0.25, 0.3) is 5.78 Å². The van der Waals surface area contributed by atoms with Gasteiger partial charge in [0.2, 0.25) is 0 Å². The fraction of sp³-hybridized carbons (Fsp3) is 0.179. The third-order valence-corrected chi connectivity index (χ3v) is 8.14. The number of ketones is 1. The Labute approximate surface area is 225 Å². The molecule has 3 aromatic carbocycles. The van der Waals surface area contributed by atoms with Crippen LogP contribution in [0.2, 0.25) is 0 Å². The van der Waals surface area contributed by atoms with Gasteiger partial charge in [-0.1, -0.05) is 39.4 Å². The van der Waals surface area contributed by atoms with Crippen molar-refractivity contribution in [2.24, 2.45) is 0 Å². The summed E-state index contributed by atoms with van der Waals surface area (Å²) in [6, 6.07) is 17.3. The summed E-state index contributed by atoms with van der Waals surface area (Å²) in [4.78, 5) is 33.0. The van der Waals surface area contributed by atoms with E-state index in [4.69, 9.17) is 9.47 Å². The van der Waals surface area contributed by atoms with Gasteiger partial charge < -0.3 is 14.6 Å². The molecule has 0 saturated carbocycles. The van der Waals surface area contributed by atoms with Gasteiger partial charge in [-0.25, -0.2) is 4.98 Å². The molecule has 1 N–H and O–H groups in total. The molecule has 2 aliphatic rings. The molecule has 9 heteroatoms. The highest BCUT2D eigenvalue weighted by Gasteiger charge is 2.48. The second kappa shape index (κ2) is 9.00. The third kappa shape index (κ3) is 3.98. The highest BCUT2D eigenvalue weighted by molar-refractivity contribution is 9.10. The first-order chi connectivity index (χ1) is 17.8. The maximum Gasteiger partial charge on any atom is 0.301 e. The number of halogens is 1. The van der Waals surface area contributed by atoms with E-state index in [0.717, 1.165) is 20.5 Å². The lowest BCUT2D eigenvalue weighted by molar-refractivity contribution is -0.132. The van der Waals surface area contributed by atoms with E-state index in [2.05, 4.69) is 20.9 Å². The molecular weight excluding hydrogens is 556 g/mol. The molecule has 0 unspecified atom stereocenters. The molecule has 1 saturated heterocycles. The monoisotopic (exact) mass is 576 g/mol.